The van der Waals surface area contributed by atoms with Crippen LogP contribution in [0.1, 0.15) is 11.3 Å². The third kappa shape index (κ3) is 1.86. The normalized spacial score (nSPS) is 10.9. The highest BCUT2D eigenvalue weighted by molar-refractivity contribution is 5.81. The number of aromatic nitrogens is 1. The van der Waals surface area contributed by atoms with E-state index < -0.39 is 0 Å². The van der Waals surface area contributed by atoms with E-state index in [1.54, 1.807) is 0 Å². The van der Waals surface area contributed by atoms with Crippen molar-refractivity contribution < 1.29 is 0 Å². The van der Waals surface area contributed by atoms with Gasteiger partial charge >= 0.3 is 0 Å². The molecule has 0 aliphatic carbocycles. The van der Waals surface area contributed by atoms with E-state index in [0.29, 0.717) is 0 Å². The Bertz CT molecular complexity index is 695. The Morgan fingerprint density at radius 1 is 1.00 bits per heavy atom. The highest BCUT2D eigenvalue weighted by Gasteiger charge is 2.05. The fraction of sp³-hybridized carbons (Fsp3) is 0.125. The van der Waals surface area contributed by atoms with Crippen molar-refractivity contribution in [2.24, 2.45) is 0 Å². The van der Waals surface area contributed by atoms with Crippen LogP contribution in [0.15, 0.2) is 54.6 Å². The van der Waals surface area contributed by atoms with Crippen LogP contribution in [0.3, 0.4) is 0 Å². The number of para-hydroxylation sites is 1. The van der Waals surface area contributed by atoms with E-state index in [1.165, 1.54) is 22.2 Å². The molecule has 3 rings (SSSR count). The summed E-state index contributed by atoms with van der Waals surface area (Å²) in [7, 11) is 0. The second-order valence-corrected chi connectivity index (χ2v) is 4.68. The van der Waals surface area contributed by atoms with E-state index in [0.717, 1.165) is 12.2 Å². The molecule has 2 aromatic carbocycles. The molecule has 0 unspecified atom stereocenters. The number of nitrogens with zero attached hydrogens (tertiary/aromatic N) is 1. The summed E-state index contributed by atoms with van der Waals surface area (Å²) in [4.78, 5) is 0. The van der Waals surface area contributed by atoms with Gasteiger partial charge in [-0.25, -0.2) is 0 Å². The lowest BCUT2D eigenvalue weighted by Crippen LogP contribution is -2.01. The van der Waals surface area contributed by atoms with Crippen molar-refractivity contribution in [3.05, 3.63) is 65.9 Å². The maximum atomic E-state index is 5.83. The molecule has 0 fully saturated rings. The number of benzene rings is 2. The van der Waals surface area contributed by atoms with Gasteiger partial charge in [0.2, 0.25) is 0 Å². The molecule has 0 atom stereocenters. The summed E-state index contributed by atoms with van der Waals surface area (Å²) in [6.07, 6.45) is 0. The summed E-state index contributed by atoms with van der Waals surface area (Å²) < 4.78 is 2.32. The molecule has 1 heterocycles. The maximum Gasteiger partial charge on any atom is 0.0485 e. The van der Waals surface area contributed by atoms with Crippen molar-refractivity contribution in [3.8, 4) is 0 Å². The monoisotopic (exact) mass is 236 g/mol. The average Bonchev–Trinajstić information content (AvgIpc) is 2.66. The van der Waals surface area contributed by atoms with Crippen LogP contribution in [0, 0.1) is 6.92 Å². The standard InChI is InChI=1S/C16H16N2/c1-12-9-14-6-2-3-8-16(14)18(12)11-13-5-4-7-15(17)10-13/h2-10H,11,17H2,1H3. The molecular formula is C16H16N2. The van der Waals surface area contributed by atoms with Gasteiger partial charge in [-0.05, 0) is 42.1 Å². The van der Waals surface area contributed by atoms with E-state index in [1.807, 2.05) is 18.2 Å². The minimum Gasteiger partial charge on any atom is -0.399 e. The molecule has 90 valence electrons. The van der Waals surface area contributed by atoms with Crippen molar-refractivity contribution in [1.29, 1.82) is 0 Å². The third-order valence-electron chi connectivity index (χ3n) is 3.31. The van der Waals surface area contributed by atoms with E-state index in [2.05, 4.69) is 47.9 Å². The van der Waals surface area contributed by atoms with Gasteiger partial charge in [-0.2, -0.15) is 0 Å². The lowest BCUT2D eigenvalue weighted by molar-refractivity contribution is 0.805. The fourth-order valence-corrected chi connectivity index (χ4v) is 2.43. The first-order valence-electron chi connectivity index (χ1n) is 6.13. The summed E-state index contributed by atoms with van der Waals surface area (Å²) in [6, 6.07) is 18.8. The number of nitrogen functional groups attached to an aromatic ring is 1. The van der Waals surface area contributed by atoms with Gasteiger partial charge in [0, 0.05) is 23.4 Å². The van der Waals surface area contributed by atoms with Crippen LogP contribution >= 0.6 is 0 Å². The Kier molecular flexibility index (Phi) is 2.56. The highest BCUT2D eigenvalue weighted by Crippen LogP contribution is 2.21. The molecule has 0 aliphatic heterocycles. The lowest BCUT2D eigenvalue weighted by atomic mass is 10.2. The molecule has 0 spiro atoms. The third-order valence-corrected chi connectivity index (χ3v) is 3.31. The van der Waals surface area contributed by atoms with E-state index in [-0.39, 0.29) is 0 Å². The Labute approximate surface area is 107 Å². The predicted molar refractivity (Wildman–Crippen MR) is 76.6 cm³/mol. The molecule has 0 radical (unpaired) electrons. The molecular weight excluding hydrogens is 220 g/mol. The Morgan fingerprint density at radius 3 is 2.67 bits per heavy atom. The Balaban J connectivity index is 2.07. The summed E-state index contributed by atoms with van der Waals surface area (Å²) >= 11 is 0. The van der Waals surface area contributed by atoms with Gasteiger partial charge < -0.3 is 10.3 Å². The number of hydrogen-bond acceptors (Lipinski definition) is 1. The zero-order chi connectivity index (χ0) is 12.5. The van der Waals surface area contributed by atoms with Crippen molar-refractivity contribution in [3.63, 3.8) is 0 Å². The summed E-state index contributed by atoms with van der Waals surface area (Å²) in [5, 5.41) is 1.29. The SMILES string of the molecule is Cc1cc2ccccc2n1Cc1cccc(N)c1. The Morgan fingerprint density at radius 2 is 1.83 bits per heavy atom. The fourth-order valence-electron chi connectivity index (χ4n) is 2.43. The number of fused-ring (bicyclic) bond motifs is 1. The van der Waals surface area contributed by atoms with Gasteiger partial charge in [0.05, 0.1) is 0 Å². The van der Waals surface area contributed by atoms with Crippen molar-refractivity contribution in [2.75, 3.05) is 5.73 Å². The van der Waals surface area contributed by atoms with Crippen LogP contribution in [0.2, 0.25) is 0 Å². The molecule has 0 amide bonds. The number of hydrogen-bond donors (Lipinski definition) is 1. The van der Waals surface area contributed by atoms with Crippen LogP contribution in [-0.4, -0.2) is 4.57 Å². The molecule has 0 bridgehead atoms. The van der Waals surface area contributed by atoms with Crippen molar-refractivity contribution in [1.82, 2.24) is 4.57 Å². The van der Waals surface area contributed by atoms with Gasteiger partial charge in [0.1, 0.15) is 0 Å². The van der Waals surface area contributed by atoms with Crippen LogP contribution in [0.25, 0.3) is 10.9 Å². The minimum absolute atomic E-state index is 0.821. The Hall–Kier alpha value is -2.22. The molecule has 0 aliphatic rings. The van der Waals surface area contributed by atoms with Crippen molar-refractivity contribution >= 4 is 16.6 Å². The molecule has 0 saturated heterocycles. The van der Waals surface area contributed by atoms with Crippen LogP contribution in [0.5, 0.6) is 0 Å². The van der Waals surface area contributed by atoms with E-state index in [9.17, 15) is 0 Å². The summed E-state index contributed by atoms with van der Waals surface area (Å²) in [6.45, 7) is 3.01. The van der Waals surface area contributed by atoms with Gasteiger partial charge in [0.15, 0.2) is 0 Å². The van der Waals surface area contributed by atoms with Crippen LogP contribution in [0.4, 0.5) is 5.69 Å². The zero-order valence-corrected chi connectivity index (χ0v) is 10.4. The molecule has 18 heavy (non-hydrogen) atoms. The number of nitrogens with two attached hydrogens (primary N) is 1. The summed E-state index contributed by atoms with van der Waals surface area (Å²) in [5.41, 5.74) is 10.4. The molecule has 2 N–H and O–H groups in total. The van der Waals surface area contributed by atoms with Gasteiger partial charge in [-0.1, -0.05) is 30.3 Å². The van der Waals surface area contributed by atoms with Gasteiger partial charge in [-0.3, -0.25) is 0 Å². The van der Waals surface area contributed by atoms with E-state index >= 15 is 0 Å². The molecule has 2 nitrogen and oxygen atoms in total. The molecule has 2 heteroatoms. The maximum absolute atomic E-state index is 5.83. The first-order chi connectivity index (χ1) is 8.74. The largest absolute Gasteiger partial charge is 0.399 e. The van der Waals surface area contributed by atoms with Crippen LogP contribution in [-0.2, 0) is 6.54 Å². The van der Waals surface area contributed by atoms with Gasteiger partial charge in [0.25, 0.3) is 0 Å². The van der Waals surface area contributed by atoms with E-state index in [4.69, 9.17) is 5.73 Å². The van der Waals surface area contributed by atoms with Gasteiger partial charge in [-0.15, -0.1) is 0 Å². The lowest BCUT2D eigenvalue weighted by Gasteiger charge is -2.09. The first-order valence-corrected chi connectivity index (χ1v) is 6.13. The highest BCUT2D eigenvalue weighted by atomic mass is 15.0. The number of anilines is 1. The predicted octanol–water partition coefficient (Wildman–Crippen LogP) is 3.58. The number of aryl methyl sites for hydroxylation is 1. The molecule has 1 aromatic heterocycles. The second kappa shape index (κ2) is 4.22. The average molecular weight is 236 g/mol. The number of rotatable bonds is 2. The van der Waals surface area contributed by atoms with Crippen molar-refractivity contribution in [2.45, 2.75) is 13.5 Å². The topological polar surface area (TPSA) is 30.9 Å². The first kappa shape index (κ1) is 10.9. The summed E-state index contributed by atoms with van der Waals surface area (Å²) in [5.74, 6) is 0. The second-order valence-electron chi connectivity index (χ2n) is 4.68. The molecule has 3 aromatic rings. The smallest absolute Gasteiger partial charge is 0.0485 e. The van der Waals surface area contributed by atoms with Crippen LogP contribution < -0.4 is 5.73 Å². The quantitative estimate of drug-likeness (QED) is 0.677. The molecule has 0 saturated carbocycles. The minimum atomic E-state index is 0.821. The zero-order valence-electron chi connectivity index (χ0n) is 10.4.